The molecular weight excluding hydrogens is 190 g/mol. The fourth-order valence-electron chi connectivity index (χ4n) is 1.60. The molecule has 0 unspecified atom stereocenters. The van der Waals surface area contributed by atoms with Gasteiger partial charge in [-0.05, 0) is 33.6 Å². The minimum Gasteiger partial charge on any atom is -0.366 e. The molecule has 0 aromatic heterocycles. The maximum atomic E-state index is 11.8. The summed E-state index contributed by atoms with van der Waals surface area (Å²) < 4.78 is 5.44. The number of amides is 1. The summed E-state index contributed by atoms with van der Waals surface area (Å²) in [5, 5.41) is 0. The van der Waals surface area contributed by atoms with Gasteiger partial charge in [-0.1, -0.05) is 5.92 Å². The second-order valence-electron chi connectivity index (χ2n) is 4.81. The number of likely N-dealkylation sites (tertiary alicyclic amines) is 1. The SMILES string of the molecule is C#C[C@@H]1CCCN1C(=O)COC(C)(C)C. The van der Waals surface area contributed by atoms with Crippen LogP contribution < -0.4 is 0 Å². The standard InChI is InChI=1S/C12H19NO2/c1-5-10-7-6-8-13(10)11(14)9-15-12(2,3)4/h1,10H,6-9H2,2-4H3/t10-/m1/s1. The van der Waals surface area contributed by atoms with Crippen LogP contribution in [0.1, 0.15) is 33.6 Å². The van der Waals surface area contributed by atoms with Crippen molar-refractivity contribution in [2.45, 2.75) is 45.3 Å². The first-order chi connectivity index (χ1) is 6.94. The van der Waals surface area contributed by atoms with E-state index in [1.807, 2.05) is 20.8 Å². The van der Waals surface area contributed by atoms with Crippen molar-refractivity contribution < 1.29 is 9.53 Å². The van der Waals surface area contributed by atoms with Crippen LogP contribution in [0.4, 0.5) is 0 Å². The Morgan fingerprint density at radius 1 is 1.60 bits per heavy atom. The van der Waals surface area contributed by atoms with Crippen LogP contribution in [0.5, 0.6) is 0 Å². The number of rotatable bonds is 2. The second kappa shape index (κ2) is 4.67. The normalized spacial score (nSPS) is 21.5. The highest BCUT2D eigenvalue weighted by Crippen LogP contribution is 2.17. The Bertz CT molecular complexity index is 272. The van der Waals surface area contributed by atoms with Gasteiger partial charge in [0.25, 0.3) is 0 Å². The van der Waals surface area contributed by atoms with Gasteiger partial charge in [-0.15, -0.1) is 6.42 Å². The van der Waals surface area contributed by atoms with Crippen LogP contribution in [0.25, 0.3) is 0 Å². The predicted octanol–water partition coefficient (Wildman–Crippen LogP) is 1.43. The summed E-state index contributed by atoms with van der Waals surface area (Å²) in [4.78, 5) is 13.5. The molecule has 0 spiro atoms. The van der Waals surface area contributed by atoms with E-state index in [1.54, 1.807) is 4.90 Å². The molecule has 0 aromatic carbocycles. The number of terminal acetylenes is 1. The first-order valence-corrected chi connectivity index (χ1v) is 5.33. The van der Waals surface area contributed by atoms with Crippen LogP contribution in [0, 0.1) is 12.3 Å². The molecule has 3 heteroatoms. The molecule has 1 aliphatic rings. The van der Waals surface area contributed by atoms with Crippen LogP contribution in [0.3, 0.4) is 0 Å². The van der Waals surface area contributed by atoms with Gasteiger partial charge >= 0.3 is 0 Å². The molecule has 1 atom stereocenters. The van der Waals surface area contributed by atoms with Gasteiger partial charge in [-0.3, -0.25) is 4.79 Å². The van der Waals surface area contributed by atoms with Crippen molar-refractivity contribution in [3.05, 3.63) is 0 Å². The van der Waals surface area contributed by atoms with Gasteiger partial charge in [0.2, 0.25) is 5.91 Å². The zero-order valence-electron chi connectivity index (χ0n) is 9.75. The molecule has 1 heterocycles. The number of carbonyl (C=O) groups excluding carboxylic acids is 1. The van der Waals surface area contributed by atoms with E-state index in [4.69, 9.17) is 11.2 Å². The summed E-state index contributed by atoms with van der Waals surface area (Å²) in [6, 6.07) is -0.0268. The van der Waals surface area contributed by atoms with Crippen LogP contribution in [0.2, 0.25) is 0 Å². The van der Waals surface area contributed by atoms with Gasteiger partial charge < -0.3 is 9.64 Å². The molecule has 0 bridgehead atoms. The van der Waals surface area contributed by atoms with Crippen LogP contribution in [-0.4, -0.2) is 35.6 Å². The molecular formula is C12H19NO2. The smallest absolute Gasteiger partial charge is 0.249 e. The van der Waals surface area contributed by atoms with E-state index >= 15 is 0 Å². The fraction of sp³-hybridized carbons (Fsp3) is 0.750. The molecule has 84 valence electrons. The van der Waals surface area contributed by atoms with Crippen LogP contribution in [0.15, 0.2) is 0 Å². The summed E-state index contributed by atoms with van der Waals surface area (Å²) in [6.07, 6.45) is 7.27. The van der Waals surface area contributed by atoms with Crippen molar-refractivity contribution >= 4 is 5.91 Å². The highest BCUT2D eigenvalue weighted by Gasteiger charge is 2.27. The van der Waals surface area contributed by atoms with Crippen molar-refractivity contribution in [2.75, 3.05) is 13.2 Å². The molecule has 1 amide bonds. The lowest BCUT2D eigenvalue weighted by Gasteiger charge is -2.24. The summed E-state index contributed by atoms with van der Waals surface area (Å²) in [7, 11) is 0. The first kappa shape index (κ1) is 12.1. The predicted molar refractivity (Wildman–Crippen MR) is 59.3 cm³/mol. The summed E-state index contributed by atoms with van der Waals surface area (Å²) in [5.41, 5.74) is -0.277. The van der Waals surface area contributed by atoms with Gasteiger partial charge in [0.15, 0.2) is 0 Å². The maximum Gasteiger partial charge on any atom is 0.249 e. The van der Waals surface area contributed by atoms with E-state index in [0.717, 1.165) is 19.4 Å². The molecule has 15 heavy (non-hydrogen) atoms. The third-order valence-electron chi connectivity index (χ3n) is 2.39. The third-order valence-corrected chi connectivity index (χ3v) is 2.39. The van der Waals surface area contributed by atoms with E-state index in [-0.39, 0.29) is 24.2 Å². The Kier molecular flexibility index (Phi) is 3.76. The highest BCUT2D eigenvalue weighted by molar-refractivity contribution is 5.78. The molecule has 3 nitrogen and oxygen atoms in total. The van der Waals surface area contributed by atoms with Crippen molar-refractivity contribution in [2.24, 2.45) is 0 Å². The topological polar surface area (TPSA) is 29.5 Å². The molecule has 0 aromatic rings. The van der Waals surface area contributed by atoms with E-state index in [0.29, 0.717) is 0 Å². The maximum absolute atomic E-state index is 11.8. The van der Waals surface area contributed by atoms with Gasteiger partial charge in [-0.25, -0.2) is 0 Å². The molecule has 0 radical (unpaired) electrons. The van der Waals surface area contributed by atoms with E-state index < -0.39 is 0 Å². The van der Waals surface area contributed by atoms with E-state index in [2.05, 4.69) is 5.92 Å². The average Bonchev–Trinajstić information content (AvgIpc) is 2.60. The lowest BCUT2D eigenvalue weighted by molar-refractivity contribution is -0.140. The third kappa shape index (κ3) is 3.56. The second-order valence-corrected chi connectivity index (χ2v) is 4.81. The average molecular weight is 209 g/mol. The van der Waals surface area contributed by atoms with Gasteiger partial charge in [0, 0.05) is 6.54 Å². The molecule has 1 rings (SSSR count). The lowest BCUT2D eigenvalue weighted by atomic mass is 10.2. The molecule has 1 fully saturated rings. The molecule has 0 N–H and O–H groups in total. The van der Waals surface area contributed by atoms with E-state index in [9.17, 15) is 4.79 Å². The summed E-state index contributed by atoms with van der Waals surface area (Å²) in [6.45, 7) is 6.69. The number of ether oxygens (including phenoxy) is 1. The highest BCUT2D eigenvalue weighted by atomic mass is 16.5. The Morgan fingerprint density at radius 2 is 2.27 bits per heavy atom. The number of hydrogen-bond acceptors (Lipinski definition) is 2. The first-order valence-electron chi connectivity index (χ1n) is 5.33. The van der Waals surface area contributed by atoms with E-state index in [1.165, 1.54) is 0 Å². The molecule has 0 saturated carbocycles. The zero-order valence-corrected chi connectivity index (χ0v) is 9.75. The van der Waals surface area contributed by atoms with Crippen molar-refractivity contribution in [3.63, 3.8) is 0 Å². The number of carbonyl (C=O) groups is 1. The van der Waals surface area contributed by atoms with Gasteiger partial charge in [0.05, 0.1) is 11.6 Å². The summed E-state index contributed by atoms with van der Waals surface area (Å²) in [5.74, 6) is 2.65. The lowest BCUT2D eigenvalue weighted by Crippen LogP contribution is -2.39. The van der Waals surface area contributed by atoms with Crippen molar-refractivity contribution in [3.8, 4) is 12.3 Å². The van der Waals surface area contributed by atoms with Crippen molar-refractivity contribution in [1.82, 2.24) is 4.90 Å². The van der Waals surface area contributed by atoms with Gasteiger partial charge in [0.1, 0.15) is 6.61 Å². The monoisotopic (exact) mass is 209 g/mol. The Morgan fingerprint density at radius 3 is 2.80 bits per heavy atom. The Hall–Kier alpha value is -1.01. The van der Waals surface area contributed by atoms with Crippen molar-refractivity contribution in [1.29, 1.82) is 0 Å². The minimum atomic E-state index is -0.277. The zero-order chi connectivity index (χ0) is 11.5. The van der Waals surface area contributed by atoms with Gasteiger partial charge in [-0.2, -0.15) is 0 Å². The quantitative estimate of drug-likeness (QED) is 0.644. The molecule has 1 aliphatic heterocycles. The minimum absolute atomic E-state index is 0.00498. The molecule has 0 aliphatic carbocycles. The Labute approximate surface area is 91.8 Å². The number of hydrogen-bond donors (Lipinski definition) is 0. The largest absolute Gasteiger partial charge is 0.366 e. The Balaban J connectivity index is 2.44. The fourth-order valence-corrected chi connectivity index (χ4v) is 1.60. The van der Waals surface area contributed by atoms with Crippen LogP contribution >= 0.6 is 0 Å². The number of nitrogens with zero attached hydrogens (tertiary/aromatic N) is 1. The molecule has 1 saturated heterocycles. The van der Waals surface area contributed by atoms with Crippen LogP contribution in [-0.2, 0) is 9.53 Å². The summed E-state index contributed by atoms with van der Waals surface area (Å²) >= 11 is 0.